The van der Waals surface area contributed by atoms with Gasteiger partial charge in [0.2, 0.25) is 0 Å². The summed E-state index contributed by atoms with van der Waals surface area (Å²) in [5.74, 6) is 0.515. The summed E-state index contributed by atoms with van der Waals surface area (Å²) in [6, 6.07) is 3.80. The zero-order chi connectivity index (χ0) is 12.5. The van der Waals surface area contributed by atoms with Crippen molar-refractivity contribution in [3.05, 3.63) is 24.0 Å². The molecule has 0 atom stereocenters. The van der Waals surface area contributed by atoms with Gasteiger partial charge in [-0.1, -0.05) is 0 Å². The van der Waals surface area contributed by atoms with Crippen molar-refractivity contribution in [3.63, 3.8) is 0 Å². The quantitative estimate of drug-likeness (QED) is 0.779. The van der Waals surface area contributed by atoms with Crippen molar-refractivity contribution in [1.29, 1.82) is 0 Å². The molecule has 1 saturated heterocycles. The number of hydrogen-bond acceptors (Lipinski definition) is 5. The van der Waals surface area contributed by atoms with E-state index >= 15 is 0 Å². The number of likely N-dealkylation sites (tertiary alicyclic amines) is 1. The Labute approximate surface area is 106 Å². The van der Waals surface area contributed by atoms with Gasteiger partial charge >= 0.3 is 0 Å². The molecule has 1 aromatic carbocycles. The average Bonchev–Trinajstić information content (AvgIpc) is 2.86. The van der Waals surface area contributed by atoms with E-state index in [1.807, 2.05) is 12.1 Å². The SMILES string of the molecule is Nc1ccc2ncnc(N)c2c1CN1CCCC1. The minimum absolute atomic E-state index is 0.515. The van der Waals surface area contributed by atoms with Crippen LogP contribution in [0.2, 0.25) is 0 Å². The number of aromatic nitrogens is 2. The van der Waals surface area contributed by atoms with Gasteiger partial charge in [0, 0.05) is 23.2 Å². The fraction of sp³-hybridized carbons (Fsp3) is 0.385. The van der Waals surface area contributed by atoms with E-state index in [0.29, 0.717) is 5.82 Å². The minimum atomic E-state index is 0.515. The van der Waals surface area contributed by atoms with Crippen LogP contribution in [0.15, 0.2) is 18.5 Å². The second kappa shape index (κ2) is 4.42. The van der Waals surface area contributed by atoms with Crippen LogP contribution in [0.5, 0.6) is 0 Å². The first-order valence-electron chi connectivity index (χ1n) is 6.25. The molecule has 18 heavy (non-hydrogen) atoms. The van der Waals surface area contributed by atoms with Gasteiger partial charge in [-0.15, -0.1) is 0 Å². The molecule has 4 N–H and O–H groups in total. The number of rotatable bonds is 2. The molecule has 5 heteroatoms. The molecule has 1 aromatic heterocycles. The van der Waals surface area contributed by atoms with Crippen molar-refractivity contribution in [2.24, 2.45) is 0 Å². The van der Waals surface area contributed by atoms with E-state index in [1.54, 1.807) is 0 Å². The van der Waals surface area contributed by atoms with E-state index in [4.69, 9.17) is 11.5 Å². The molecule has 2 aromatic rings. The molecular weight excluding hydrogens is 226 g/mol. The summed E-state index contributed by atoms with van der Waals surface area (Å²) >= 11 is 0. The van der Waals surface area contributed by atoms with Crippen molar-refractivity contribution < 1.29 is 0 Å². The standard InChI is InChI=1S/C13H17N5/c14-10-3-4-11-12(13(15)17-8-16-11)9(10)7-18-5-1-2-6-18/h3-4,8H,1-2,5-7,14H2,(H2,15,16,17). The molecule has 3 rings (SSSR count). The van der Waals surface area contributed by atoms with Crippen molar-refractivity contribution in [3.8, 4) is 0 Å². The Balaban J connectivity index is 2.10. The van der Waals surface area contributed by atoms with Gasteiger partial charge in [-0.2, -0.15) is 0 Å². The van der Waals surface area contributed by atoms with Gasteiger partial charge in [-0.3, -0.25) is 4.90 Å². The maximum absolute atomic E-state index is 6.10. The molecule has 0 spiro atoms. The van der Waals surface area contributed by atoms with E-state index in [1.165, 1.54) is 19.2 Å². The summed E-state index contributed by atoms with van der Waals surface area (Å²) in [7, 11) is 0. The molecule has 1 aliphatic heterocycles. The van der Waals surface area contributed by atoms with E-state index < -0.39 is 0 Å². The van der Waals surface area contributed by atoms with E-state index in [0.717, 1.165) is 41.8 Å². The molecule has 1 aliphatic rings. The smallest absolute Gasteiger partial charge is 0.135 e. The van der Waals surface area contributed by atoms with Gasteiger partial charge in [0.15, 0.2) is 0 Å². The highest BCUT2D eigenvalue weighted by atomic mass is 15.1. The van der Waals surface area contributed by atoms with Crippen LogP contribution in [-0.4, -0.2) is 28.0 Å². The first-order chi connectivity index (χ1) is 8.75. The lowest BCUT2D eigenvalue weighted by Crippen LogP contribution is -2.19. The number of nitrogens with zero attached hydrogens (tertiary/aromatic N) is 3. The van der Waals surface area contributed by atoms with Crippen LogP contribution < -0.4 is 11.5 Å². The zero-order valence-electron chi connectivity index (χ0n) is 10.3. The molecule has 0 unspecified atom stereocenters. The third-order valence-corrected chi connectivity index (χ3v) is 3.56. The summed E-state index contributed by atoms with van der Waals surface area (Å²) in [4.78, 5) is 10.7. The predicted octanol–water partition coefficient (Wildman–Crippen LogP) is 1.39. The van der Waals surface area contributed by atoms with Crippen LogP contribution >= 0.6 is 0 Å². The van der Waals surface area contributed by atoms with Gasteiger partial charge in [0.25, 0.3) is 0 Å². The molecule has 1 fully saturated rings. The van der Waals surface area contributed by atoms with Crippen LogP contribution in [0, 0.1) is 0 Å². The van der Waals surface area contributed by atoms with Crippen LogP contribution in [0.25, 0.3) is 10.9 Å². The van der Waals surface area contributed by atoms with Crippen molar-refractivity contribution in [1.82, 2.24) is 14.9 Å². The lowest BCUT2D eigenvalue weighted by molar-refractivity contribution is 0.333. The highest BCUT2D eigenvalue weighted by Crippen LogP contribution is 2.28. The minimum Gasteiger partial charge on any atom is -0.398 e. The number of hydrogen-bond donors (Lipinski definition) is 2. The van der Waals surface area contributed by atoms with Gasteiger partial charge < -0.3 is 11.5 Å². The van der Waals surface area contributed by atoms with Gasteiger partial charge in [-0.25, -0.2) is 9.97 Å². The number of nitrogens with two attached hydrogens (primary N) is 2. The maximum Gasteiger partial charge on any atom is 0.135 e. The molecule has 5 nitrogen and oxygen atoms in total. The summed E-state index contributed by atoms with van der Waals surface area (Å²) in [6.45, 7) is 3.09. The Hall–Kier alpha value is -1.88. The van der Waals surface area contributed by atoms with Crippen LogP contribution in [0.4, 0.5) is 11.5 Å². The third-order valence-electron chi connectivity index (χ3n) is 3.56. The molecule has 94 valence electrons. The van der Waals surface area contributed by atoms with Crippen LogP contribution in [0.3, 0.4) is 0 Å². The topological polar surface area (TPSA) is 81.1 Å². The largest absolute Gasteiger partial charge is 0.398 e. The number of nitrogen functional groups attached to an aromatic ring is 2. The monoisotopic (exact) mass is 243 g/mol. The second-order valence-electron chi connectivity index (χ2n) is 4.77. The fourth-order valence-corrected chi connectivity index (χ4v) is 2.60. The number of anilines is 2. The molecule has 0 bridgehead atoms. The zero-order valence-corrected chi connectivity index (χ0v) is 10.3. The molecule has 0 amide bonds. The normalized spacial score (nSPS) is 16.4. The lowest BCUT2D eigenvalue weighted by Gasteiger charge is -2.18. The van der Waals surface area contributed by atoms with Gasteiger partial charge in [0.1, 0.15) is 12.1 Å². The Kier molecular flexibility index (Phi) is 2.76. The second-order valence-corrected chi connectivity index (χ2v) is 4.77. The Morgan fingerprint density at radius 3 is 2.67 bits per heavy atom. The van der Waals surface area contributed by atoms with Crippen LogP contribution in [0.1, 0.15) is 18.4 Å². The van der Waals surface area contributed by atoms with E-state index in [9.17, 15) is 0 Å². The van der Waals surface area contributed by atoms with Gasteiger partial charge in [0.05, 0.1) is 5.52 Å². The highest BCUT2D eigenvalue weighted by Gasteiger charge is 2.16. The van der Waals surface area contributed by atoms with Gasteiger partial charge in [-0.05, 0) is 38.1 Å². The number of fused-ring (bicyclic) bond motifs is 1. The lowest BCUT2D eigenvalue weighted by atomic mass is 10.1. The average molecular weight is 243 g/mol. The maximum atomic E-state index is 6.10. The first-order valence-corrected chi connectivity index (χ1v) is 6.25. The van der Waals surface area contributed by atoms with Crippen molar-refractivity contribution in [2.45, 2.75) is 19.4 Å². The molecule has 0 saturated carbocycles. The number of benzene rings is 1. The van der Waals surface area contributed by atoms with Crippen molar-refractivity contribution >= 4 is 22.4 Å². The fourth-order valence-electron chi connectivity index (χ4n) is 2.60. The first kappa shape index (κ1) is 11.2. The molecular formula is C13H17N5. The van der Waals surface area contributed by atoms with E-state index in [2.05, 4.69) is 14.9 Å². The molecule has 0 radical (unpaired) electrons. The molecule has 0 aliphatic carbocycles. The third kappa shape index (κ3) is 1.86. The Bertz CT molecular complexity index is 575. The Morgan fingerprint density at radius 1 is 1.11 bits per heavy atom. The Morgan fingerprint density at radius 2 is 1.89 bits per heavy atom. The summed E-state index contributed by atoms with van der Waals surface area (Å²) in [5.41, 5.74) is 14.8. The summed E-state index contributed by atoms with van der Waals surface area (Å²) in [5, 5.41) is 0.907. The molecule has 2 heterocycles. The highest BCUT2D eigenvalue weighted by molar-refractivity contribution is 5.94. The summed E-state index contributed by atoms with van der Waals surface area (Å²) < 4.78 is 0. The summed E-state index contributed by atoms with van der Waals surface area (Å²) in [6.07, 6.45) is 4.01. The van der Waals surface area contributed by atoms with E-state index in [-0.39, 0.29) is 0 Å². The van der Waals surface area contributed by atoms with Crippen molar-refractivity contribution in [2.75, 3.05) is 24.6 Å². The van der Waals surface area contributed by atoms with Crippen LogP contribution in [-0.2, 0) is 6.54 Å². The predicted molar refractivity (Wildman–Crippen MR) is 72.9 cm³/mol.